The van der Waals surface area contributed by atoms with Crippen molar-refractivity contribution in [3.63, 3.8) is 0 Å². The summed E-state index contributed by atoms with van der Waals surface area (Å²) in [4.78, 5) is 0. The van der Waals surface area contributed by atoms with E-state index in [0.717, 1.165) is 74.6 Å². The Kier molecular flexibility index (Phi) is 5.90. The van der Waals surface area contributed by atoms with Gasteiger partial charge in [-0.15, -0.1) is 0 Å². The number of hydrogen-bond donors (Lipinski definition) is 0. The van der Waals surface area contributed by atoms with Gasteiger partial charge in [-0.2, -0.15) is 0 Å². The maximum Gasteiger partial charge on any atom is 0.176 e. The predicted octanol–water partition coefficient (Wildman–Crippen LogP) is 5.24. The van der Waals surface area contributed by atoms with Crippen molar-refractivity contribution in [1.29, 1.82) is 0 Å². The molecule has 0 spiro atoms. The molecule has 8 nitrogen and oxygen atoms in total. The summed E-state index contributed by atoms with van der Waals surface area (Å²) in [6, 6.07) is 20.5. The van der Waals surface area contributed by atoms with Crippen LogP contribution in [0.15, 0.2) is 72.7 Å². The topological polar surface area (TPSA) is 87.0 Å². The predicted molar refractivity (Wildman–Crippen MR) is 147 cm³/mol. The Labute approximate surface area is 230 Å². The minimum Gasteiger partial charge on any atom is -0.491 e. The van der Waals surface area contributed by atoms with Crippen molar-refractivity contribution in [3.8, 4) is 34.1 Å². The molecule has 0 N–H and O–H groups in total. The van der Waals surface area contributed by atoms with Crippen molar-refractivity contribution < 1.29 is 37.9 Å². The summed E-state index contributed by atoms with van der Waals surface area (Å²) in [6.45, 7) is 4.08. The van der Waals surface area contributed by atoms with Crippen LogP contribution in [-0.4, -0.2) is 64.6 Å². The maximum absolute atomic E-state index is 6.41. The molecule has 0 aliphatic carbocycles. The first-order valence-electron chi connectivity index (χ1n) is 13.6. The van der Waals surface area contributed by atoms with E-state index in [9.17, 15) is 0 Å². The van der Waals surface area contributed by atoms with Crippen molar-refractivity contribution in [2.75, 3.05) is 46.2 Å². The molecule has 3 atom stereocenters. The lowest BCUT2D eigenvalue weighted by Gasteiger charge is -2.20. The summed E-state index contributed by atoms with van der Waals surface area (Å²) in [7, 11) is 0. The summed E-state index contributed by atoms with van der Waals surface area (Å²) < 4.78 is 46.3. The van der Waals surface area contributed by atoms with Crippen molar-refractivity contribution in [2.24, 2.45) is 0 Å². The molecule has 3 saturated heterocycles. The second kappa shape index (κ2) is 9.89. The standard InChI is InChI=1S/C32H28O8/c1-5-21(33-11-23-13-35-23)9-27-19(1)3-7-29(39-17-25-15-37-25)31(27)32-28-10-22(34-12-24-14-36-24)6-2-20(28)4-8-30(32)40-18-26-16-38-26/h1-10,15,23-24,26H,11-14,16-18H2. The van der Waals surface area contributed by atoms with Gasteiger partial charge in [0.05, 0.1) is 19.8 Å². The van der Waals surface area contributed by atoms with Gasteiger partial charge in [-0.05, 0) is 57.9 Å². The van der Waals surface area contributed by atoms with Crippen LogP contribution in [0.3, 0.4) is 0 Å². The van der Waals surface area contributed by atoms with E-state index in [4.69, 9.17) is 37.9 Å². The first kappa shape index (κ1) is 23.9. The van der Waals surface area contributed by atoms with Crippen molar-refractivity contribution in [3.05, 3.63) is 72.7 Å². The summed E-state index contributed by atoms with van der Waals surface area (Å²) in [5.41, 5.74) is 1.85. The second-order valence-corrected chi connectivity index (χ2v) is 10.4. The van der Waals surface area contributed by atoms with Gasteiger partial charge in [0, 0.05) is 11.1 Å². The van der Waals surface area contributed by atoms with E-state index in [0.29, 0.717) is 33.0 Å². The molecule has 4 aromatic rings. The Morgan fingerprint density at radius 3 is 1.50 bits per heavy atom. The number of rotatable bonds is 13. The average molecular weight is 541 g/mol. The third kappa shape index (κ3) is 5.25. The first-order valence-corrected chi connectivity index (χ1v) is 13.6. The van der Waals surface area contributed by atoms with E-state index < -0.39 is 0 Å². The normalized spacial score (nSPS) is 21.9. The highest BCUT2D eigenvalue weighted by Gasteiger charge is 2.27. The van der Waals surface area contributed by atoms with Gasteiger partial charge in [0.25, 0.3) is 0 Å². The fourth-order valence-corrected chi connectivity index (χ4v) is 4.81. The highest BCUT2D eigenvalue weighted by Crippen LogP contribution is 2.47. The Morgan fingerprint density at radius 2 is 1.02 bits per heavy atom. The van der Waals surface area contributed by atoms with Gasteiger partial charge in [-0.25, -0.2) is 0 Å². The molecule has 0 saturated carbocycles. The molecule has 4 aliphatic rings. The van der Waals surface area contributed by atoms with E-state index in [1.807, 2.05) is 24.3 Å². The third-order valence-corrected chi connectivity index (χ3v) is 7.32. The van der Waals surface area contributed by atoms with Crippen LogP contribution < -0.4 is 18.9 Å². The van der Waals surface area contributed by atoms with Crippen LogP contribution in [0.5, 0.6) is 23.0 Å². The number of fused-ring (bicyclic) bond motifs is 2. The molecule has 0 bridgehead atoms. The lowest BCUT2D eigenvalue weighted by atomic mass is 9.92. The molecule has 40 heavy (non-hydrogen) atoms. The monoisotopic (exact) mass is 540 g/mol. The molecule has 3 fully saturated rings. The van der Waals surface area contributed by atoms with Gasteiger partial charge in [-0.1, -0.05) is 24.3 Å². The second-order valence-electron chi connectivity index (χ2n) is 10.4. The van der Waals surface area contributed by atoms with Gasteiger partial charge in [0.1, 0.15) is 74.0 Å². The molecular formula is C32H28O8. The summed E-state index contributed by atoms with van der Waals surface area (Å²) in [6.07, 6.45) is 2.14. The van der Waals surface area contributed by atoms with E-state index in [2.05, 4.69) is 36.4 Å². The number of hydrogen-bond acceptors (Lipinski definition) is 8. The van der Waals surface area contributed by atoms with Crippen molar-refractivity contribution in [1.82, 2.24) is 0 Å². The van der Waals surface area contributed by atoms with Crippen LogP contribution in [0.1, 0.15) is 0 Å². The van der Waals surface area contributed by atoms with Crippen LogP contribution in [0, 0.1) is 0 Å². The van der Waals surface area contributed by atoms with Crippen molar-refractivity contribution >= 4 is 21.5 Å². The zero-order valence-corrected chi connectivity index (χ0v) is 21.8. The van der Waals surface area contributed by atoms with Crippen LogP contribution in [0.2, 0.25) is 0 Å². The molecular weight excluding hydrogens is 512 g/mol. The highest BCUT2D eigenvalue weighted by molar-refractivity contribution is 6.10. The quantitative estimate of drug-likeness (QED) is 0.213. The Balaban J connectivity index is 1.30. The van der Waals surface area contributed by atoms with Gasteiger partial charge in [0.15, 0.2) is 5.76 Å². The fourth-order valence-electron chi connectivity index (χ4n) is 4.81. The largest absolute Gasteiger partial charge is 0.491 e. The zero-order chi connectivity index (χ0) is 26.5. The molecule has 0 aromatic heterocycles. The van der Waals surface area contributed by atoms with Gasteiger partial charge in [-0.3, -0.25) is 0 Å². The average Bonchev–Trinajstić information content (AvgIpc) is 3.82. The number of epoxide rings is 3. The maximum atomic E-state index is 6.41. The SMILES string of the molecule is C1=C(COc2ccc3ccc(OCC4CO4)cc3c2-c2c(OCC3CO3)ccc3ccc(OCC4CO4)cc23)O1. The van der Waals surface area contributed by atoms with Crippen LogP contribution in [-0.2, 0) is 18.9 Å². The Morgan fingerprint density at radius 1 is 0.575 bits per heavy atom. The van der Waals surface area contributed by atoms with E-state index in [1.54, 1.807) is 6.26 Å². The Hall–Kier alpha value is -3.98. The van der Waals surface area contributed by atoms with E-state index >= 15 is 0 Å². The first-order chi connectivity index (χ1) is 19.8. The lowest BCUT2D eigenvalue weighted by Crippen LogP contribution is -2.07. The van der Waals surface area contributed by atoms with Gasteiger partial charge in [0.2, 0.25) is 0 Å². The molecule has 8 rings (SSSR count). The van der Waals surface area contributed by atoms with Crippen LogP contribution >= 0.6 is 0 Å². The Bertz CT molecular complexity index is 1610. The molecule has 0 radical (unpaired) electrons. The summed E-state index contributed by atoms with van der Waals surface area (Å²) in [5, 5.41) is 4.12. The summed E-state index contributed by atoms with van der Waals surface area (Å²) in [5.74, 6) is 3.84. The van der Waals surface area contributed by atoms with Gasteiger partial charge >= 0.3 is 0 Å². The minimum absolute atomic E-state index is 0.114. The molecule has 4 aliphatic heterocycles. The van der Waals surface area contributed by atoms with Crippen LogP contribution in [0.25, 0.3) is 32.7 Å². The third-order valence-electron chi connectivity index (χ3n) is 7.32. The zero-order valence-electron chi connectivity index (χ0n) is 21.8. The minimum atomic E-state index is 0.114. The number of ether oxygens (including phenoxy) is 8. The fraction of sp³-hybridized carbons (Fsp3) is 0.312. The van der Waals surface area contributed by atoms with E-state index in [1.165, 1.54) is 0 Å². The molecule has 3 unspecified atom stereocenters. The molecule has 4 heterocycles. The highest BCUT2D eigenvalue weighted by atomic mass is 16.6. The molecule has 8 heteroatoms. The van der Waals surface area contributed by atoms with E-state index in [-0.39, 0.29) is 18.3 Å². The number of benzene rings is 4. The molecule has 4 aromatic carbocycles. The molecule has 204 valence electrons. The molecule has 0 amide bonds. The van der Waals surface area contributed by atoms with Gasteiger partial charge < -0.3 is 37.9 Å². The van der Waals surface area contributed by atoms with Crippen LogP contribution in [0.4, 0.5) is 0 Å². The lowest BCUT2D eigenvalue weighted by molar-refractivity contribution is 0.263. The van der Waals surface area contributed by atoms with Crippen molar-refractivity contribution in [2.45, 2.75) is 18.3 Å². The smallest absolute Gasteiger partial charge is 0.176 e. The summed E-state index contributed by atoms with van der Waals surface area (Å²) >= 11 is 0.